The minimum Gasteiger partial charge on any atom is -0.458 e. The second-order valence-electron chi connectivity index (χ2n) is 3.15. The molecule has 0 saturated carbocycles. The van der Waals surface area contributed by atoms with Gasteiger partial charge in [0.2, 0.25) is 0 Å². The lowest BCUT2D eigenvalue weighted by Gasteiger charge is -2.11. The molecule has 13 heavy (non-hydrogen) atoms. The fourth-order valence-electron chi connectivity index (χ4n) is 1.11. The summed E-state index contributed by atoms with van der Waals surface area (Å²) in [5, 5.41) is 0. The molecule has 0 bridgehead atoms. The van der Waals surface area contributed by atoms with Crippen LogP contribution in [0.1, 0.15) is 46.5 Å². The summed E-state index contributed by atoms with van der Waals surface area (Å²) in [5.41, 5.74) is 0. The van der Waals surface area contributed by atoms with Crippen LogP contribution in [0, 0.1) is 0 Å². The number of hydrogen-bond donors (Lipinski definition) is 0. The second kappa shape index (κ2) is 7.84. The lowest BCUT2D eigenvalue weighted by Crippen LogP contribution is -2.13. The molecule has 0 aromatic rings. The van der Waals surface area contributed by atoms with Crippen LogP contribution >= 0.6 is 0 Å². The van der Waals surface area contributed by atoms with Gasteiger partial charge in [-0.15, -0.1) is 0 Å². The third kappa shape index (κ3) is 7.57. The number of unbranched alkanes of at least 4 members (excludes halogenated alkanes) is 1. The van der Waals surface area contributed by atoms with Crippen LogP contribution < -0.4 is 0 Å². The molecule has 0 spiro atoms. The van der Waals surface area contributed by atoms with Crippen LogP contribution in [0.15, 0.2) is 12.2 Å². The van der Waals surface area contributed by atoms with Crippen molar-refractivity contribution in [1.82, 2.24) is 0 Å². The van der Waals surface area contributed by atoms with Gasteiger partial charge in [0.15, 0.2) is 0 Å². The van der Waals surface area contributed by atoms with Gasteiger partial charge in [0.25, 0.3) is 0 Å². The van der Waals surface area contributed by atoms with E-state index in [1.165, 1.54) is 6.92 Å². The summed E-state index contributed by atoms with van der Waals surface area (Å²) in [5.74, 6) is -0.195. The van der Waals surface area contributed by atoms with Crippen LogP contribution in [0.4, 0.5) is 0 Å². The molecule has 0 aliphatic rings. The summed E-state index contributed by atoms with van der Waals surface area (Å²) in [6, 6.07) is 0. The lowest BCUT2D eigenvalue weighted by molar-refractivity contribution is -0.144. The molecular formula is C11H20O2. The van der Waals surface area contributed by atoms with Crippen molar-refractivity contribution in [1.29, 1.82) is 0 Å². The van der Waals surface area contributed by atoms with E-state index in [-0.39, 0.29) is 12.1 Å². The summed E-state index contributed by atoms with van der Waals surface area (Å²) in [4.78, 5) is 10.7. The van der Waals surface area contributed by atoms with Crippen LogP contribution in [-0.4, -0.2) is 12.1 Å². The standard InChI is InChI=1S/C11H20O2/c1-4-6-7-9-11(8-5-2)13-10(3)12/h7,9,11H,4-6,8H2,1-3H3/b9-7+. The molecule has 0 aliphatic carbocycles. The lowest BCUT2D eigenvalue weighted by atomic mass is 10.2. The van der Waals surface area contributed by atoms with Gasteiger partial charge in [0, 0.05) is 6.92 Å². The molecule has 0 N–H and O–H groups in total. The van der Waals surface area contributed by atoms with Gasteiger partial charge in [0.05, 0.1) is 0 Å². The molecule has 1 atom stereocenters. The monoisotopic (exact) mass is 184 g/mol. The third-order valence-electron chi connectivity index (χ3n) is 1.70. The van der Waals surface area contributed by atoms with E-state index in [1.54, 1.807) is 0 Å². The Morgan fingerprint density at radius 1 is 1.38 bits per heavy atom. The molecule has 0 saturated heterocycles. The third-order valence-corrected chi connectivity index (χ3v) is 1.70. The van der Waals surface area contributed by atoms with E-state index >= 15 is 0 Å². The van der Waals surface area contributed by atoms with Crippen LogP contribution in [0.25, 0.3) is 0 Å². The molecule has 0 aromatic carbocycles. The number of ether oxygens (including phenoxy) is 1. The quantitative estimate of drug-likeness (QED) is 0.468. The largest absolute Gasteiger partial charge is 0.458 e. The van der Waals surface area contributed by atoms with Crippen molar-refractivity contribution >= 4 is 5.97 Å². The number of carbonyl (C=O) groups is 1. The van der Waals surface area contributed by atoms with Gasteiger partial charge in [-0.2, -0.15) is 0 Å². The second-order valence-corrected chi connectivity index (χ2v) is 3.15. The molecule has 0 aromatic heterocycles. The minimum atomic E-state index is -0.195. The van der Waals surface area contributed by atoms with Crippen molar-refractivity contribution in [2.75, 3.05) is 0 Å². The molecular weight excluding hydrogens is 164 g/mol. The van der Waals surface area contributed by atoms with E-state index in [0.29, 0.717) is 0 Å². The van der Waals surface area contributed by atoms with Gasteiger partial charge in [-0.1, -0.05) is 32.8 Å². The first-order valence-electron chi connectivity index (χ1n) is 5.04. The molecule has 0 fully saturated rings. The van der Waals surface area contributed by atoms with Gasteiger partial charge in [-0.3, -0.25) is 4.79 Å². The molecule has 0 aliphatic heterocycles. The van der Waals surface area contributed by atoms with Crippen LogP contribution in [0.2, 0.25) is 0 Å². The highest BCUT2D eigenvalue weighted by Gasteiger charge is 2.05. The van der Waals surface area contributed by atoms with Crippen molar-refractivity contribution in [3.05, 3.63) is 12.2 Å². The van der Waals surface area contributed by atoms with Crippen molar-refractivity contribution in [2.45, 2.75) is 52.6 Å². The van der Waals surface area contributed by atoms with Crippen LogP contribution in [0.3, 0.4) is 0 Å². The highest BCUT2D eigenvalue weighted by Crippen LogP contribution is 2.05. The first-order chi connectivity index (χ1) is 6.20. The van der Waals surface area contributed by atoms with Crippen molar-refractivity contribution < 1.29 is 9.53 Å². The maximum Gasteiger partial charge on any atom is 0.303 e. The Morgan fingerprint density at radius 3 is 2.54 bits per heavy atom. The number of hydrogen-bond acceptors (Lipinski definition) is 2. The van der Waals surface area contributed by atoms with E-state index in [9.17, 15) is 4.79 Å². The summed E-state index contributed by atoms with van der Waals surface area (Å²) >= 11 is 0. The van der Waals surface area contributed by atoms with E-state index < -0.39 is 0 Å². The smallest absolute Gasteiger partial charge is 0.303 e. The zero-order valence-electron chi connectivity index (χ0n) is 8.88. The molecule has 0 heterocycles. The average Bonchev–Trinajstić information content (AvgIpc) is 2.04. The average molecular weight is 184 g/mol. The maximum absolute atomic E-state index is 10.7. The number of esters is 1. The van der Waals surface area contributed by atoms with E-state index in [0.717, 1.165) is 25.7 Å². The van der Waals surface area contributed by atoms with Crippen molar-refractivity contribution in [3.63, 3.8) is 0 Å². The van der Waals surface area contributed by atoms with Gasteiger partial charge >= 0.3 is 5.97 Å². The topological polar surface area (TPSA) is 26.3 Å². The predicted molar refractivity (Wildman–Crippen MR) is 54.5 cm³/mol. The molecule has 0 amide bonds. The number of rotatable bonds is 6. The molecule has 1 unspecified atom stereocenters. The zero-order valence-corrected chi connectivity index (χ0v) is 8.88. The predicted octanol–water partition coefficient (Wildman–Crippen LogP) is 3.07. The van der Waals surface area contributed by atoms with E-state index in [1.807, 2.05) is 6.08 Å². The van der Waals surface area contributed by atoms with Crippen LogP contribution in [-0.2, 0) is 9.53 Å². The van der Waals surface area contributed by atoms with Crippen LogP contribution in [0.5, 0.6) is 0 Å². The minimum absolute atomic E-state index is 0.0194. The Kier molecular flexibility index (Phi) is 7.36. The zero-order chi connectivity index (χ0) is 10.1. The summed E-state index contributed by atoms with van der Waals surface area (Å²) < 4.78 is 5.11. The number of allylic oxidation sites excluding steroid dienone is 1. The molecule has 2 heteroatoms. The Balaban J connectivity index is 3.85. The number of carbonyl (C=O) groups excluding carboxylic acids is 1. The van der Waals surface area contributed by atoms with E-state index in [4.69, 9.17) is 4.74 Å². The van der Waals surface area contributed by atoms with E-state index in [2.05, 4.69) is 19.9 Å². The Morgan fingerprint density at radius 2 is 2.08 bits per heavy atom. The summed E-state index contributed by atoms with van der Waals surface area (Å²) in [7, 11) is 0. The normalized spacial score (nSPS) is 13.2. The Hall–Kier alpha value is -0.790. The van der Waals surface area contributed by atoms with Gasteiger partial charge < -0.3 is 4.74 Å². The van der Waals surface area contributed by atoms with Gasteiger partial charge in [0.1, 0.15) is 6.10 Å². The van der Waals surface area contributed by atoms with Gasteiger partial charge in [-0.25, -0.2) is 0 Å². The molecule has 0 radical (unpaired) electrons. The maximum atomic E-state index is 10.7. The molecule has 76 valence electrons. The first kappa shape index (κ1) is 12.2. The molecule has 2 nitrogen and oxygen atoms in total. The summed E-state index contributed by atoms with van der Waals surface area (Å²) in [6.45, 7) is 5.67. The first-order valence-corrected chi connectivity index (χ1v) is 5.04. The van der Waals surface area contributed by atoms with Gasteiger partial charge in [-0.05, 0) is 18.9 Å². The SMILES string of the molecule is CCC/C=C/C(CCC)OC(C)=O. The fourth-order valence-corrected chi connectivity index (χ4v) is 1.11. The highest BCUT2D eigenvalue weighted by molar-refractivity contribution is 5.66. The van der Waals surface area contributed by atoms with Crippen molar-refractivity contribution in [3.8, 4) is 0 Å². The Labute approximate surface area is 81.0 Å². The fraction of sp³-hybridized carbons (Fsp3) is 0.727. The summed E-state index contributed by atoms with van der Waals surface area (Å²) in [6.07, 6.45) is 8.21. The highest BCUT2D eigenvalue weighted by atomic mass is 16.5. The molecule has 0 rings (SSSR count). The van der Waals surface area contributed by atoms with Crippen molar-refractivity contribution in [2.24, 2.45) is 0 Å². The Bertz CT molecular complexity index is 161.